The molecule has 0 radical (unpaired) electrons. The van der Waals surface area contributed by atoms with Gasteiger partial charge in [-0.25, -0.2) is 0 Å². The van der Waals surface area contributed by atoms with Gasteiger partial charge in [-0.05, 0) is 25.0 Å². The molecule has 86 valence electrons. The van der Waals surface area contributed by atoms with Gasteiger partial charge in [0.2, 0.25) is 0 Å². The van der Waals surface area contributed by atoms with Crippen molar-refractivity contribution in [3.63, 3.8) is 0 Å². The number of hydrogen-bond acceptors (Lipinski definition) is 4. The molecule has 1 fully saturated rings. The Labute approximate surface area is 94.9 Å². The minimum Gasteiger partial charge on any atom is -0.406 e. The Morgan fingerprint density at radius 1 is 1.38 bits per heavy atom. The number of piperidine rings is 1. The lowest BCUT2D eigenvalue weighted by molar-refractivity contribution is -0.118. The van der Waals surface area contributed by atoms with Gasteiger partial charge in [-0.1, -0.05) is 6.07 Å². The summed E-state index contributed by atoms with van der Waals surface area (Å²) in [5.41, 5.74) is 6.36. The highest BCUT2D eigenvalue weighted by atomic mass is 16.7. The molecule has 1 aliphatic heterocycles. The molecule has 0 bridgehead atoms. The maximum Gasteiger partial charge on any atom is 0.149 e. The van der Waals surface area contributed by atoms with Gasteiger partial charge in [0.15, 0.2) is 0 Å². The molecular weight excluding hydrogens is 204 g/mol. The van der Waals surface area contributed by atoms with Crippen molar-refractivity contribution >= 4 is 12.0 Å². The summed E-state index contributed by atoms with van der Waals surface area (Å²) in [6.07, 6.45) is 2.77. The third-order valence-corrected chi connectivity index (χ3v) is 2.78. The molecule has 0 atom stereocenters. The van der Waals surface area contributed by atoms with Crippen LogP contribution in [-0.2, 0) is 4.79 Å². The molecule has 1 aromatic rings. The molecule has 1 saturated heterocycles. The molecule has 0 amide bonds. The summed E-state index contributed by atoms with van der Waals surface area (Å²) >= 11 is 0. The fourth-order valence-corrected chi connectivity index (χ4v) is 1.82. The van der Waals surface area contributed by atoms with Crippen molar-refractivity contribution < 1.29 is 9.63 Å². The molecule has 0 unspecified atom stereocenters. The minimum absolute atomic E-state index is 0.195. The first-order valence-corrected chi connectivity index (χ1v) is 5.51. The van der Waals surface area contributed by atoms with Gasteiger partial charge in [-0.2, -0.15) is 0 Å². The lowest BCUT2D eigenvalue weighted by atomic mass is 10.0. The lowest BCUT2D eigenvalue weighted by Gasteiger charge is -2.28. The number of nitrogen functional groups attached to an aromatic ring is 1. The van der Waals surface area contributed by atoms with Crippen LogP contribution in [0.4, 0.5) is 5.69 Å². The number of rotatable bonds is 3. The van der Waals surface area contributed by atoms with Gasteiger partial charge in [-0.3, -0.25) is 0 Å². The second kappa shape index (κ2) is 4.99. The molecule has 2 rings (SSSR count). The van der Waals surface area contributed by atoms with Crippen molar-refractivity contribution in [3.05, 3.63) is 24.3 Å². The molecule has 16 heavy (non-hydrogen) atoms. The van der Waals surface area contributed by atoms with Crippen molar-refractivity contribution in [3.8, 4) is 5.75 Å². The fraction of sp³-hybridized carbons (Fsp3) is 0.417. The van der Waals surface area contributed by atoms with Gasteiger partial charge >= 0.3 is 0 Å². The van der Waals surface area contributed by atoms with E-state index in [1.807, 2.05) is 23.3 Å². The van der Waals surface area contributed by atoms with Crippen LogP contribution in [0, 0.1) is 5.92 Å². The molecular formula is C12H16N2O2. The van der Waals surface area contributed by atoms with Crippen molar-refractivity contribution in [1.29, 1.82) is 0 Å². The van der Waals surface area contributed by atoms with E-state index in [0.29, 0.717) is 5.69 Å². The zero-order chi connectivity index (χ0) is 11.4. The Morgan fingerprint density at radius 2 is 2.12 bits per heavy atom. The summed E-state index contributed by atoms with van der Waals surface area (Å²) in [5.74, 6) is 0.949. The highest BCUT2D eigenvalue weighted by molar-refractivity contribution is 5.53. The minimum atomic E-state index is 0.195. The summed E-state index contributed by atoms with van der Waals surface area (Å²) in [6, 6.07) is 7.36. The summed E-state index contributed by atoms with van der Waals surface area (Å²) in [7, 11) is 0. The van der Waals surface area contributed by atoms with Gasteiger partial charge in [0.05, 0.1) is 0 Å². The molecule has 2 N–H and O–H groups in total. The van der Waals surface area contributed by atoms with Crippen molar-refractivity contribution in [2.45, 2.75) is 12.8 Å². The van der Waals surface area contributed by atoms with Gasteiger partial charge < -0.3 is 15.4 Å². The van der Waals surface area contributed by atoms with E-state index in [0.717, 1.165) is 38.0 Å². The second-order valence-electron chi connectivity index (χ2n) is 4.07. The number of nitrogens with two attached hydrogens (primary N) is 1. The number of hydrogen-bond donors (Lipinski definition) is 1. The normalized spacial score (nSPS) is 18.2. The molecule has 4 heteroatoms. The molecule has 1 heterocycles. The van der Waals surface area contributed by atoms with Gasteiger partial charge in [0.1, 0.15) is 12.0 Å². The standard InChI is InChI=1S/C12H16N2O2/c13-11-2-1-3-12(8-11)16-14-6-4-10(9-15)5-7-14/h1-3,8-10H,4-7,13H2. The van der Waals surface area contributed by atoms with Crippen LogP contribution in [0.2, 0.25) is 0 Å². The Hall–Kier alpha value is -1.55. The fourth-order valence-electron chi connectivity index (χ4n) is 1.82. The highest BCUT2D eigenvalue weighted by Gasteiger charge is 2.19. The summed E-state index contributed by atoms with van der Waals surface area (Å²) in [4.78, 5) is 16.3. The summed E-state index contributed by atoms with van der Waals surface area (Å²) in [5, 5.41) is 1.88. The third-order valence-electron chi connectivity index (χ3n) is 2.78. The predicted octanol–water partition coefficient (Wildman–Crippen LogP) is 1.47. The Kier molecular flexibility index (Phi) is 3.41. The Morgan fingerprint density at radius 3 is 2.75 bits per heavy atom. The average molecular weight is 220 g/mol. The first-order valence-electron chi connectivity index (χ1n) is 5.51. The predicted molar refractivity (Wildman–Crippen MR) is 61.8 cm³/mol. The number of aldehydes is 1. The van der Waals surface area contributed by atoms with Crippen LogP contribution in [0.15, 0.2) is 24.3 Å². The molecule has 0 spiro atoms. The lowest BCUT2D eigenvalue weighted by Crippen LogP contribution is -2.36. The smallest absolute Gasteiger partial charge is 0.149 e. The van der Waals surface area contributed by atoms with E-state index in [1.165, 1.54) is 0 Å². The van der Waals surface area contributed by atoms with Crippen LogP contribution in [-0.4, -0.2) is 24.4 Å². The van der Waals surface area contributed by atoms with Crippen molar-refractivity contribution in [2.24, 2.45) is 5.92 Å². The van der Waals surface area contributed by atoms with E-state index >= 15 is 0 Å². The van der Waals surface area contributed by atoms with Crippen molar-refractivity contribution in [1.82, 2.24) is 5.06 Å². The SMILES string of the molecule is Nc1cccc(ON2CCC(C=O)CC2)c1. The largest absolute Gasteiger partial charge is 0.406 e. The van der Waals surface area contributed by atoms with E-state index < -0.39 is 0 Å². The average Bonchev–Trinajstić information content (AvgIpc) is 2.30. The van der Waals surface area contributed by atoms with Crippen LogP contribution in [0.25, 0.3) is 0 Å². The van der Waals surface area contributed by atoms with Crippen LogP contribution < -0.4 is 10.6 Å². The van der Waals surface area contributed by atoms with Crippen molar-refractivity contribution in [2.75, 3.05) is 18.8 Å². The van der Waals surface area contributed by atoms with Crippen LogP contribution in [0.3, 0.4) is 0 Å². The van der Waals surface area contributed by atoms with E-state index in [9.17, 15) is 4.79 Å². The molecule has 0 saturated carbocycles. The first kappa shape index (κ1) is 11.0. The number of benzene rings is 1. The summed E-state index contributed by atoms with van der Waals surface area (Å²) in [6.45, 7) is 1.58. The third kappa shape index (κ3) is 2.73. The first-order chi connectivity index (χ1) is 7.78. The van der Waals surface area contributed by atoms with Crippen LogP contribution in [0.5, 0.6) is 5.75 Å². The van der Waals surface area contributed by atoms with Gasteiger partial charge in [0, 0.05) is 30.8 Å². The van der Waals surface area contributed by atoms with E-state index in [1.54, 1.807) is 6.07 Å². The number of carbonyl (C=O) groups is 1. The maximum atomic E-state index is 10.6. The topological polar surface area (TPSA) is 55.6 Å². The van der Waals surface area contributed by atoms with Gasteiger partial charge in [-0.15, -0.1) is 5.06 Å². The maximum absolute atomic E-state index is 10.6. The van der Waals surface area contributed by atoms with Crippen LogP contribution >= 0.6 is 0 Å². The second-order valence-corrected chi connectivity index (χ2v) is 4.07. The zero-order valence-corrected chi connectivity index (χ0v) is 9.13. The summed E-state index contributed by atoms with van der Waals surface area (Å²) < 4.78 is 0. The molecule has 4 nitrogen and oxygen atoms in total. The van der Waals surface area contributed by atoms with E-state index in [4.69, 9.17) is 10.6 Å². The Balaban J connectivity index is 1.89. The molecule has 0 aliphatic carbocycles. The molecule has 0 aromatic heterocycles. The number of carbonyl (C=O) groups excluding carboxylic acids is 1. The molecule has 1 aromatic carbocycles. The zero-order valence-electron chi connectivity index (χ0n) is 9.13. The highest BCUT2D eigenvalue weighted by Crippen LogP contribution is 2.20. The quantitative estimate of drug-likeness (QED) is 0.619. The monoisotopic (exact) mass is 220 g/mol. The number of nitrogens with zero attached hydrogens (tertiary/aromatic N) is 1. The van der Waals surface area contributed by atoms with E-state index in [2.05, 4.69) is 0 Å². The number of anilines is 1. The molecule has 1 aliphatic rings. The van der Waals surface area contributed by atoms with Crippen LogP contribution in [0.1, 0.15) is 12.8 Å². The van der Waals surface area contributed by atoms with Gasteiger partial charge in [0.25, 0.3) is 0 Å². The Bertz CT molecular complexity index is 360. The number of hydroxylamine groups is 2. The van der Waals surface area contributed by atoms with E-state index in [-0.39, 0.29) is 5.92 Å².